The number of Topliss-reactive ketones (excluding diaryl/α,β-unsaturated/α-hetero) is 1. The van der Waals surface area contributed by atoms with Crippen LogP contribution in [0.15, 0.2) is 48.5 Å². The Morgan fingerprint density at radius 3 is 2.38 bits per heavy atom. The molecule has 0 spiro atoms. The molecule has 0 amide bonds. The summed E-state index contributed by atoms with van der Waals surface area (Å²) in [5.74, 6) is -0.571. The SMILES string of the molecule is CN(CC(=O)Cc1ccc(F)cc1)Cc1ccccc1F. The number of carbonyl (C=O) groups is 1. The lowest BCUT2D eigenvalue weighted by Gasteiger charge is -2.16. The molecule has 0 aromatic heterocycles. The van der Waals surface area contributed by atoms with Gasteiger partial charge in [-0.3, -0.25) is 9.69 Å². The maximum Gasteiger partial charge on any atom is 0.151 e. The van der Waals surface area contributed by atoms with Gasteiger partial charge in [0.1, 0.15) is 11.6 Å². The van der Waals surface area contributed by atoms with Crippen LogP contribution in [0.3, 0.4) is 0 Å². The lowest BCUT2D eigenvalue weighted by molar-refractivity contribution is -0.119. The van der Waals surface area contributed by atoms with Gasteiger partial charge >= 0.3 is 0 Å². The van der Waals surface area contributed by atoms with E-state index in [1.807, 2.05) is 0 Å². The van der Waals surface area contributed by atoms with Crippen molar-refractivity contribution in [3.8, 4) is 0 Å². The Morgan fingerprint density at radius 2 is 1.71 bits per heavy atom. The van der Waals surface area contributed by atoms with Crippen LogP contribution in [0.4, 0.5) is 8.78 Å². The second-order valence-electron chi connectivity index (χ2n) is 5.11. The van der Waals surface area contributed by atoms with Crippen LogP contribution in [0.1, 0.15) is 11.1 Å². The van der Waals surface area contributed by atoms with E-state index in [-0.39, 0.29) is 30.4 Å². The van der Waals surface area contributed by atoms with Crippen molar-refractivity contribution in [2.45, 2.75) is 13.0 Å². The largest absolute Gasteiger partial charge is 0.298 e. The zero-order chi connectivity index (χ0) is 15.2. The third-order valence-corrected chi connectivity index (χ3v) is 3.16. The molecule has 0 unspecified atom stereocenters. The fourth-order valence-corrected chi connectivity index (χ4v) is 2.16. The molecule has 0 saturated heterocycles. The van der Waals surface area contributed by atoms with Crippen molar-refractivity contribution in [3.05, 3.63) is 71.3 Å². The number of rotatable bonds is 6. The highest BCUT2D eigenvalue weighted by molar-refractivity contribution is 5.82. The molecule has 4 heteroatoms. The molecule has 2 aromatic carbocycles. The fourth-order valence-electron chi connectivity index (χ4n) is 2.16. The Balaban J connectivity index is 1.87. The maximum absolute atomic E-state index is 13.5. The van der Waals surface area contributed by atoms with E-state index in [2.05, 4.69) is 0 Å². The molecule has 0 N–H and O–H groups in total. The molecule has 0 aliphatic heterocycles. The molecule has 0 radical (unpaired) electrons. The van der Waals surface area contributed by atoms with Gasteiger partial charge in [0.25, 0.3) is 0 Å². The number of likely N-dealkylation sites (N-methyl/N-ethyl adjacent to an activating group) is 1. The second-order valence-corrected chi connectivity index (χ2v) is 5.11. The Hall–Kier alpha value is -2.07. The first kappa shape index (κ1) is 15.3. The molecule has 0 bridgehead atoms. The number of carbonyl (C=O) groups excluding carboxylic acids is 1. The zero-order valence-electron chi connectivity index (χ0n) is 11.9. The van der Waals surface area contributed by atoms with Crippen molar-refractivity contribution < 1.29 is 13.6 Å². The summed E-state index contributed by atoms with van der Waals surface area (Å²) in [5, 5.41) is 0. The molecule has 0 fully saturated rings. The summed E-state index contributed by atoms with van der Waals surface area (Å²) >= 11 is 0. The minimum absolute atomic E-state index is 0.0143. The van der Waals surface area contributed by atoms with Gasteiger partial charge in [-0.15, -0.1) is 0 Å². The van der Waals surface area contributed by atoms with E-state index in [1.54, 1.807) is 42.3 Å². The minimum Gasteiger partial charge on any atom is -0.298 e. The van der Waals surface area contributed by atoms with Crippen molar-refractivity contribution in [2.24, 2.45) is 0 Å². The summed E-state index contributed by atoms with van der Waals surface area (Å²) in [7, 11) is 1.77. The van der Waals surface area contributed by atoms with E-state index in [1.165, 1.54) is 18.2 Å². The second kappa shape index (κ2) is 7.09. The summed E-state index contributed by atoms with van der Waals surface area (Å²) in [6, 6.07) is 12.4. The standard InChI is InChI=1S/C17H17F2NO/c1-20(11-14-4-2-3-5-17(14)19)12-16(21)10-13-6-8-15(18)9-7-13/h2-9H,10-12H2,1H3. The van der Waals surface area contributed by atoms with Gasteiger partial charge in [0.05, 0.1) is 6.54 Å². The number of hydrogen-bond donors (Lipinski definition) is 0. The van der Waals surface area contributed by atoms with Gasteiger partial charge in [0, 0.05) is 18.5 Å². The smallest absolute Gasteiger partial charge is 0.151 e. The van der Waals surface area contributed by atoms with Crippen molar-refractivity contribution in [3.63, 3.8) is 0 Å². The quantitative estimate of drug-likeness (QED) is 0.814. The first-order chi connectivity index (χ1) is 10.0. The highest BCUT2D eigenvalue weighted by Gasteiger charge is 2.10. The summed E-state index contributed by atoms with van der Waals surface area (Å²) in [5.41, 5.74) is 1.34. The van der Waals surface area contributed by atoms with Gasteiger partial charge in [-0.1, -0.05) is 30.3 Å². The van der Waals surface area contributed by atoms with E-state index in [9.17, 15) is 13.6 Å². The normalized spacial score (nSPS) is 10.9. The molecule has 2 aromatic rings. The summed E-state index contributed by atoms with van der Waals surface area (Å²) in [6.07, 6.45) is 0.252. The fraction of sp³-hybridized carbons (Fsp3) is 0.235. The first-order valence-corrected chi connectivity index (χ1v) is 6.72. The molecule has 0 saturated carbocycles. The lowest BCUT2D eigenvalue weighted by atomic mass is 10.1. The number of ketones is 1. The molecule has 2 nitrogen and oxygen atoms in total. The third-order valence-electron chi connectivity index (χ3n) is 3.16. The predicted octanol–water partition coefficient (Wildman–Crippen LogP) is 3.21. The maximum atomic E-state index is 13.5. The Bertz CT molecular complexity index is 610. The highest BCUT2D eigenvalue weighted by Crippen LogP contribution is 2.09. The Kier molecular flexibility index (Phi) is 5.17. The lowest BCUT2D eigenvalue weighted by Crippen LogP contribution is -2.27. The Labute approximate surface area is 123 Å². The van der Waals surface area contributed by atoms with Gasteiger partial charge in [0.2, 0.25) is 0 Å². The van der Waals surface area contributed by atoms with Crippen LogP contribution in [0.2, 0.25) is 0 Å². The van der Waals surface area contributed by atoms with Gasteiger partial charge in [-0.05, 0) is 30.8 Å². The average molecular weight is 289 g/mol. The molecular formula is C17H17F2NO. The van der Waals surface area contributed by atoms with Crippen molar-refractivity contribution in [1.29, 1.82) is 0 Å². The van der Waals surface area contributed by atoms with Gasteiger partial charge in [0.15, 0.2) is 5.78 Å². The number of benzene rings is 2. The van der Waals surface area contributed by atoms with Crippen LogP contribution in [0, 0.1) is 11.6 Å². The zero-order valence-corrected chi connectivity index (χ0v) is 11.9. The van der Waals surface area contributed by atoms with Gasteiger partial charge in [-0.2, -0.15) is 0 Å². The van der Waals surface area contributed by atoms with Crippen LogP contribution >= 0.6 is 0 Å². The predicted molar refractivity (Wildman–Crippen MR) is 77.8 cm³/mol. The van der Waals surface area contributed by atoms with Crippen LogP contribution in [-0.4, -0.2) is 24.3 Å². The summed E-state index contributed by atoms with van der Waals surface area (Å²) < 4.78 is 26.3. The monoisotopic (exact) mass is 289 g/mol. The number of halogens is 2. The summed E-state index contributed by atoms with van der Waals surface area (Å²) in [6.45, 7) is 0.605. The molecule has 2 rings (SSSR count). The molecule has 110 valence electrons. The van der Waals surface area contributed by atoms with Gasteiger partial charge < -0.3 is 0 Å². The number of nitrogens with zero attached hydrogens (tertiary/aromatic N) is 1. The van der Waals surface area contributed by atoms with Crippen LogP contribution in [0.5, 0.6) is 0 Å². The summed E-state index contributed by atoms with van der Waals surface area (Å²) in [4.78, 5) is 13.7. The van der Waals surface area contributed by atoms with E-state index in [0.717, 1.165) is 5.56 Å². The van der Waals surface area contributed by atoms with Crippen LogP contribution in [0.25, 0.3) is 0 Å². The molecule has 0 aliphatic rings. The van der Waals surface area contributed by atoms with E-state index in [4.69, 9.17) is 0 Å². The minimum atomic E-state index is -0.317. The first-order valence-electron chi connectivity index (χ1n) is 6.72. The van der Waals surface area contributed by atoms with E-state index < -0.39 is 0 Å². The van der Waals surface area contributed by atoms with Gasteiger partial charge in [-0.25, -0.2) is 8.78 Å². The number of hydrogen-bond acceptors (Lipinski definition) is 2. The molecule has 0 aliphatic carbocycles. The average Bonchev–Trinajstić information content (AvgIpc) is 2.44. The van der Waals surface area contributed by atoms with E-state index in [0.29, 0.717) is 12.1 Å². The molecule has 21 heavy (non-hydrogen) atoms. The third kappa shape index (κ3) is 4.76. The Morgan fingerprint density at radius 1 is 1.05 bits per heavy atom. The molecular weight excluding hydrogens is 272 g/mol. The molecule has 0 heterocycles. The van der Waals surface area contributed by atoms with Crippen molar-refractivity contribution in [1.82, 2.24) is 4.90 Å². The topological polar surface area (TPSA) is 20.3 Å². The van der Waals surface area contributed by atoms with Crippen LogP contribution < -0.4 is 0 Å². The van der Waals surface area contributed by atoms with Crippen molar-refractivity contribution >= 4 is 5.78 Å². The molecule has 0 atom stereocenters. The van der Waals surface area contributed by atoms with Crippen LogP contribution in [-0.2, 0) is 17.8 Å². The van der Waals surface area contributed by atoms with Crippen molar-refractivity contribution in [2.75, 3.05) is 13.6 Å². The highest BCUT2D eigenvalue weighted by atomic mass is 19.1. The van der Waals surface area contributed by atoms with E-state index >= 15 is 0 Å².